The van der Waals surface area contributed by atoms with Gasteiger partial charge in [-0.3, -0.25) is 4.79 Å². The van der Waals surface area contributed by atoms with Gasteiger partial charge in [0.15, 0.2) is 0 Å². The number of carbonyl (C=O) groups excluding carboxylic acids is 2. The lowest BCUT2D eigenvalue weighted by Gasteiger charge is -2.21. The number of alkyl halides is 3. The van der Waals surface area contributed by atoms with Gasteiger partial charge in [-0.25, -0.2) is 4.79 Å². The summed E-state index contributed by atoms with van der Waals surface area (Å²) >= 11 is 7.30. The fraction of sp³-hybridized carbons (Fsp3) is 0.412. The zero-order valence-electron chi connectivity index (χ0n) is 14.1. The second-order valence-corrected chi connectivity index (χ2v) is 8.21. The number of halogens is 4. The minimum atomic E-state index is -4.47. The first-order chi connectivity index (χ1) is 12.6. The van der Waals surface area contributed by atoms with E-state index in [4.69, 9.17) is 16.3 Å². The van der Waals surface area contributed by atoms with Gasteiger partial charge in [0.25, 0.3) is 5.91 Å². The number of thiophene rings is 1. The van der Waals surface area contributed by atoms with Gasteiger partial charge in [-0.05, 0) is 25.0 Å². The fourth-order valence-electron chi connectivity index (χ4n) is 3.61. The summed E-state index contributed by atoms with van der Waals surface area (Å²) in [4.78, 5) is 26.0. The number of likely N-dealkylation sites (tertiary alicyclic amines) is 1. The quantitative estimate of drug-likeness (QED) is 0.754. The molecule has 0 bridgehead atoms. The highest BCUT2D eigenvalue weighted by molar-refractivity contribution is 7.21. The smallest absolute Gasteiger partial charge is 0.416 e. The molecular formula is C17H14ClF3N2O3S. The summed E-state index contributed by atoms with van der Waals surface area (Å²) in [5.41, 5.74) is -1.28. The lowest BCUT2D eigenvalue weighted by molar-refractivity contribution is -0.137. The van der Waals surface area contributed by atoms with Crippen LogP contribution in [0.2, 0.25) is 5.02 Å². The Kier molecular flexibility index (Phi) is 4.08. The molecular weight excluding hydrogens is 405 g/mol. The molecule has 0 aliphatic carbocycles. The Morgan fingerprint density at radius 3 is 2.78 bits per heavy atom. The number of amides is 2. The molecule has 5 nitrogen and oxygen atoms in total. The van der Waals surface area contributed by atoms with Gasteiger partial charge in [0, 0.05) is 23.2 Å². The van der Waals surface area contributed by atoms with Crippen molar-refractivity contribution in [2.45, 2.75) is 25.1 Å². The minimum absolute atomic E-state index is 0.0558. The average Bonchev–Trinajstić information content (AvgIpc) is 3.26. The molecule has 0 saturated carbocycles. The van der Waals surface area contributed by atoms with E-state index in [1.165, 1.54) is 13.0 Å². The maximum absolute atomic E-state index is 13.1. The van der Waals surface area contributed by atoms with Gasteiger partial charge in [0.2, 0.25) is 0 Å². The molecule has 10 heteroatoms. The van der Waals surface area contributed by atoms with Gasteiger partial charge in [-0.1, -0.05) is 17.7 Å². The Bertz CT molecular complexity index is 974. The third kappa shape index (κ3) is 2.93. The first-order valence-corrected chi connectivity index (χ1v) is 9.34. The Morgan fingerprint density at radius 2 is 2.15 bits per heavy atom. The van der Waals surface area contributed by atoms with E-state index in [9.17, 15) is 22.8 Å². The lowest BCUT2D eigenvalue weighted by atomic mass is 10.0. The average molecular weight is 419 g/mol. The van der Waals surface area contributed by atoms with Gasteiger partial charge < -0.3 is 15.0 Å². The molecule has 2 aliphatic heterocycles. The van der Waals surface area contributed by atoms with E-state index < -0.39 is 23.4 Å². The molecule has 27 heavy (non-hydrogen) atoms. The van der Waals surface area contributed by atoms with Crippen LogP contribution in [0.15, 0.2) is 12.1 Å². The van der Waals surface area contributed by atoms with E-state index in [1.807, 2.05) is 0 Å². The zero-order valence-corrected chi connectivity index (χ0v) is 15.6. The number of carbonyl (C=O) groups is 2. The van der Waals surface area contributed by atoms with Gasteiger partial charge >= 0.3 is 12.3 Å². The highest BCUT2D eigenvalue weighted by Gasteiger charge is 2.47. The number of ether oxygens (including phenoxy) is 1. The molecule has 1 N–H and O–H groups in total. The molecule has 3 heterocycles. The Labute approximate surface area is 161 Å². The van der Waals surface area contributed by atoms with Crippen molar-refractivity contribution in [3.63, 3.8) is 0 Å². The van der Waals surface area contributed by atoms with Crippen LogP contribution in [0, 0.1) is 6.92 Å². The lowest BCUT2D eigenvalue weighted by Crippen LogP contribution is -2.46. The minimum Gasteiger partial charge on any atom is -0.447 e. The van der Waals surface area contributed by atoms with Gasteiger partial charge in [0.05, 0.1) is 16.1 Å². The molecule has 4 rings (SSSR count). The zero-order chi connectivity index (χ0) is 19.6. The van der Waals surface area contributed by atoms with Crippen LogP contribution in [0.5, 0.6) is 0 Å². The van der Waals surface area contributed by atoms with E-state index in [2.05, 4.69) is 5.32 Å². The number of fused-ring (bicyclic) bond motifs is 1. The highest BCUT2D eigenvalue weighted by Crippen LogP contribution is 2.43. The standard InChI is InChI=1S/C17H14ClF3N2O3S/c1-8-10(17(19,20)21)3-2-9-11(18)13(27-12(8)9)14(24)23-5-4-16(6-23)7-26-15(25)22-16/h2-3H,4-7H2,1H3,(H,22,25). The summed E-state index contributed by atoms with van der Waals surface area (Å²) in [6.07, 6.45) is -4.44. The number of hydrogen-bond acceptors (Lipinski definition) is 4. The Balaban J connectivity index is 1.68. The molecule has 1 unspecified atom stereocenters. The largest absolute Gasteiger partial charge is 0.447 e. The first kappa shape index (κ1) is 18.4. The van der Waals surface area contributed by atoms with Crippen molar-refractivity contribution in [3.05, 3.63) is 33.2 Å². The second kappa shape index (κ2) is 6.00. The molecule has 1 atom stereocenters. The number of hydrogen-bond donors (Lipinski definition) is 1. The van der Waals surface area contributed by atoms with E-state index >= 15 is 0 Å². The molecule has 2 aliphatic rings. The van der Waals surface area contributed by atoms with Crippen molar-refractivity contribution in [1.82, 2.24) is 10.2 Å². The second-order valence-electron chi connectivity index (χ2n) is 6.82. The Morgan fingerprint density at radius 1 is 1.41 bits per heavy atom. The van der Waals surface area contributed by atoms with Crippen molar-refractivity contribution < 1.29 is 27.5 Å². The third-order valence-corrected chi connectivity index (χ3v) is 6.85. The Hall–Kier alpha value is -2.00. The van der Waals surface area contributed by atoms with Gasteiger partial charge in [-0.15, -0.1) is 11.3 Å². The molecule has 1 aromatic carbocycles. The third-order valence-electron chi connectivity index (χ3n) is 5.03. The van der Waals surface area contributed by atoms with Crippen LogP contribution in [0.4, 0.5) is 18.0 Å². The highest BCUT2D eigenvalue weighted by atomic mass is 35.5. The number of cyclic esters (lactones) is 1. The normalized spacial score (nSPS) is 22.6. The fourth-order valence-corrected chi connectivity index (χ4v) is 5.18. The van der Waals surface area contributed by atoms with Crippen molar-refractivity contribution in [2.75, 3.05) is 19.7 Å². The molecule has 2 aromatic rings. The molecule has 144 valence electrons. The molecule has 0 radical (unpaired) electrons. The maximum atomic E-state index is 13.1. The number of benzene rings is 1. The number of aryl methyl sites for hydroxylation is 1. The molecule has 2 amide bonds. The van der Waals surface area contributed by atoms with Crippen molar-refractivity contribution in [1.29, 1.82) is 0 Å². The van der Waals surface area contributed by atoms with Crippen LogP contribution >= 0.6 is 22.9 Å². The number of nitrogens with zero attached hydrogens (tertiary/aromatic N) is 1. The van der Waals surface area contributed by atoms with Crippen LogP contribution in [0.25, 0.3) is 10.1 Å². The number of alkyl carbamates (subject to hydrolysis) is 1. The summed E-state index contributed by atoms with van der Waals surface area (Å²) in [6.45, 7) is 2.24. The molecule has 2 fully saturated rings. The van der Waals surface area contributed by atoms with Crippen molar-refractivity contribution in [3.8, 4) is 0 Å². The molecule has 1 spiro atoms. The predicted octanol–water partition coefficient (Wildman–Crippen LogP) is 4.21. The van der Waals surface area contributed by atoms with Crippen LogP contribution in [0.3, 0.4) is 0 Å². The molecule has 1 aromatic heterocycles. The monoisotopic (exact) mass is 418 g/mol. The van der Waals surface area contributed by atoms with Gasteiger partial charge in [0.1, 0.15) is 11.5 Å². The van der Waals surface area contributed by atoms with Crippen LogP contribution < -0.4 is 5.32 Å². The maximum Gasteiger partial charge on any atom is 0.416 e. The number of nitrogens with one attached hydrogen (secondary N) is 1. The summed E-state index contributed by atoms with van der Waals surface area (Å²) in [5, 5.41) is 3.32. The van der Waals surface area contributed by atoms with Gasteiger partial charge in [-0.2, -0.15) is 13.2 Å². The van der Waals surface area contributed by atoms with Crippen molar-refractivity contribution >= 4 is 45.0 Å². The summed E-state index contributed by atoms with van der Waals surface area (Å²) < 4.78 is 44.7. The van der Waals surface area contributed by atoms with E-state index in [-0.39, 0.29) is 34.5 Å². The van der Waals surface area contributed by atoms with Crippen LogP contribution in [0.1, 0.15) is 27.2 Å². The summed E-state index contributed by atoms with van der Waals surface area (Å²) in [6, 6.07) is 2.29. The predicted molar refractivity (Wildman–Crippen MR) is 94.3 cm³/mol. The number of rotatable bonds is 1. The van der Waals surface area contributed by atoms with Crippen LogP contribution in [-0.4, -0.2) is 42.1 Å². The first-order valence-electron chi connectivity index (χ1n) is 8.14. The van der Waals surface area contributed by atoms with E-state index in [0.717, 1.165) is 17.4 Å². The molecule has 2 saturated heterocycles. The van der Waals surface area contributed by atoms with E-state index in [0.29, 0.717) is 23.1 Å². The topological polar surface area (TPSA) is 58.6 Å². The van der Waals surface area contributed by atoms with E-state index in [1.54, 1.807) is 4.90 Å². The van der Waals surface area contributed by atoms with Crippen LogP contribution in [-0.2, 0) is 10.9 Å². The van der Waals surface area contributed by atoms with Crippen molar-refractivity contribution in [2.24, 2.45) is 0 Å². The SMILES string of the molecule is Cc1c(C(F)(F)F)ccc2c(Cl)c(C(=O)N3CCC4(COC(=O)N4)C3)sc12. The summed E-state index contributed by atoms with van der Waals surface area (Å²) in [5.74, 6) is -0.354. The summed E-state index contributed by atoms with van der Waals surface area (Å²) in [7, 11) is 0.